The average molecular weight is 423 g/mol. The van der Waals surface area contributed by atoms with Gasteiger partial charge in [0.25, 0.3) is 0 Å². The van der Waals surface area contributed by atoms with Crippen molar-refractivity contribution in [2.24, 2.45) is 0 Å². The van der Waals surface area contributed by atoms with Crippen molar-refractivity contribution < 1.29 is 19.0 Å². The molecule has 0 aliphatic carbocycles. The Bertz CT molecular complexity index is 878. The predicted octanol–water partition coefficient (Wildman–Crippen LogP) is 2.91. The summed E-state index contributed by atoms with van der Waals surface area (Å²) in [5.74, 6) is 1.26. The van der Waals surface area contributed by atoms with Gasteiger partial charge in [-0.1, -0.05) is 0 Å². The number of benzene rings is 1. The molecule has 0 saturated carbocycles. The standard InChI is InChI=1S/C17H19BrN4O4/c1-5-26-15-11(18)6-10(7-12(15)24-3)14-13(16(23)25-4)9(2)21-17-19-8-20-22(14)17/h6-8,14H,5H2,1-4H3,(H,19,20,21)/t14-/m0/s1. The number of nitrogens with zero attached hydrogens (tertiary/aromatic N) is 3. The van der Waals surface area contributed by atoms with Crippen LogP contribution in [-0.2, 0) is 9.53 Å². The molecule has 0 unspecified atom stereocenters. The van der Waals surface area contributed by atoms with Crippen LogP contribution in [0.5, 0.6) is 11.5 Å². The Kier molecular flexibility index (Phi) is 5.17. The monoisotopic (exact) mass is 422 g/mol. The summed E-state index contributed by atoms with van der Waals surface area (Å²) in [6, 6.07) is 3.19. The molecule has 1 atom stereocenters. The quantitative estimate of drug-likeness (QED) is 0.740. The third-order valence-corrected chi connectivity index (χ3v) is 4.64. The van der Waals surface area contributed by atoms with Crippen LogP contribution < -0.4 is 14.8 Å². The van der Waals surface area contributed by atoms with Crippen molar-refractivity contribution in [1.82, 2.24) is 14.8 Å². The van der Waals surface area contributed by atoms with Crippen LogP contribution in [0, 0.1) is 0 Å². The minimum absolute atomic E-state index is 0.440. The van der Waals surface area contributed by atoms with E-state index in [4.69, 9.17) is 14.2 Å². The molecule has 0 fully saturated rings. The van der Waals surface area contributed by atoms with Crippen molar-refractivity contribution in [2.45, 2.75) is 19.9 Å². The number of carbonyl (C=O) groups excluding carboxylic acids is 1. The molecule has 1 aliphatic rings. The molecular formula is C17H19BrN4O4. The summed E-state index contributed by atoms with van der Waals surface area (Å²) >= 11 is 3.53. The number of aromatic nitrogens is 3. The molecule has 0 spiro atoms. The van der Waals surface area contributed by atoms with Crippen LogP contribution in [0.25, 0.3) is 0 Å². The highest BCUT2D eigenvalue weighted by Gasteiger charge is 2.35. The predicted molar refractivity (Wildman–Crippen MR) is 98.4 cm³/mol. The number of methoxy groups -OCH3 is 2. The second-order valence-corrected chi connectivity index (χ2v) is 6.41. The Labute approximate surface area is 159 Å². The first-order chi connectivity index (χ1) is 12.5. The molecule has 138 valence electrons. The number of ether oxygens (including phenoxy) is 3. The van der Waals surface area contributed by atoms with Crippen molar-refractivity contribution in [3.05, 3.63) is 39.8 Å². The van der Waals surface area contributed by atoms with Gasteiger partial charge in [0.2, 0.25) is 5.95 Å². The maximum Gasteiger partial charge on any atom is 0.338 e. The second kappa shape index (κ2) is 7.36. The van der Waals surface area contributed by atoms with Gasteiger partial charge < -0.3 is 19.5 Å². The largest absolute Gasteiger partial charge is 0.493 e. The molecule has 26 heavy (non-hydrogen) atoms. The number of hydrogen-bond acceptors (Lipinski definition) is 7. The lowest BCUT2D eigenvalue weighted by Crippen LogP contribution is -2.29. The Morgan fingerprint density at radius 3 is 2.81 bits per heavy atom. The Morgan fingerprint density at radius 1 is 1.38 bits per heavy atom. The highest BCUT2D eigenvalue weighted by atomic mass is 79.9. The molecule has 1 N–H and O–H groups in total. The van der Waals surface area contributed by atoms with Crippen LogP contribution in [0.4, 0.5) is 5.95 Å². The SMILES string of the molecule is CCOc1c(Br)cc([C@H]2C(C(=O)OC)=C(C)Nc3ncnn32)cc1OC. The van der Waals surface area contributed by atoms with Crippen LogP contribution in [0.2, 0.25) is 0 Å². The molecule has 0 bridgehead atoms. The summed E-state index contributed by atoms with van der Waals surface area (Å²) in [6.45, 7) is 4.20. The zero-order chi connectivity index (χ0) is 18.8. The van der Waals surface area contributed by atoms with Gasteiger partial charge in [0.15, 0.2) is 11.5 Å². The van der Waals surface area contributed by atoms with E-state index in [1.165, 1.54) is 13.4 Å². The van der Waals surface area contributed by atoms with Gasteiger partial charge in [-0.25, -0.2) is 9.48 Å². The van der Waals surface area contributed by atoms with E-state index in [1.54, 1.807) is 18.7 Å². The molecule has 0 saturated heterocycles. The average Bonchev–Trinajstić information content (AvgIpc) is 3.09. The van der Waals surface area contributed by atoms with E-state index >= 15 is 0 Å². The number of esters is 1. The molecular weight excluding hydrogens is 404 g/mol. The fourth-order valence-corrected chi connectivity index (χ4v) is 3.53. The molecule has 3 rings (SSSR count). The van der Waals surface area contributed by atoms with Crippen LogP contribution in [0.15, 0.2) is 34.2 Å². The minimum Gasteiger partial charge on any atom is -0.493 e. The first-order valence-corrected chi connectivity index (χ1v) is 8.76. The maximum atomic E-state index is 12.5. The first kappa shape index (κ1) is 18.2. The summed E-state index contributed by atoms with van der Waals surface area (Å²) < 4.78 is 18.5. The molecule has 0 radical (unpaired) electrons. The number of anilines is 1. The summed E-state index contributed by atoms with van der Waals surface area (Å²) in [5.41, 5.74) is 1.89. The number of allylic oxidation sites excluding steroid dienone is 1. The molecule has 2 heterocycles. The molecule has 2 aromatic rings. The smallest absolute Gasteiger partial charge is 0.338 e. The Hall–Kier alpha value is -2.55. The van der Waals surface area contributed by atoms with E-state index in [2.05, 4.69) is 31.3 Å². The van der Waals surface area contributed by atoms with Crippen molar-refractivity contribution in [1.29, 1.82) is 0 Å². The molecule has 1 aliphatic heterocycles. The van der Waals surface area contributed by atoms with Gasteiger partial charge >= 0.3 is 5.97 Å². The second-order valence-electron chi connectivity index (χ2n) is 5.55. The fraction of sp³-hybridized carbons (Fsp3) is 0.353. The summed E-state index contributed by atoms with van der Waals surface area (Å²) in [4.78, 5) is 16.7. The van der Waals surface area contributed by atoms with Crippen LogP contribution in [0.1, 0.15) is 25.5 Å². The zero-order valence-electron chi connectivity index (χ0n) is 14.9. The summed E-state index contributed by atoms with van der Waals surface area (Å²) in [5, 5.41) is 7.35. The highest BCUT2D eigenvalue weighted by molar-refractivity contribution is 9.10. The van der Waals surface area contributed by atoms with Gasteiger partial charge in [0, 0.05) is 5.70 Å². The van der Waals surface area contributed by atoms with E-state index in [-0.39, 0.29) is 0 Å². The Morgan fingerprint density at radius 2 is 2.15 bits per heavy atom. The summed E-state index contributed by atoms with van der Waals surface area (Å²) in [6.07, 6.45) is 1.43. The van der Waals surface area contributed by atoms with Crippen LogP contribution in [0.3, 0.4) is 0 Å². The summed E-state index contributed by atoms with van der Waals surface area (Å²) in [7, 11) is 2.92. The maximum absolute atomic E-state index is 12.5. The molecule has 1 aromatic carbocycles. The number of carbonyl (C=O) groups is 1. The molecule has 8 nitrogen and oxygen atoms in total. The number of halogens is 1. The van der Waals surface area contributed by atoms with Gasteiger partial charge in [-0.15, -0.1) is 0 Å². The van der Waals surface area contributed by atoms with E-state index in [0.717, 1.165) is 10.0 Å². The number of fused-ring (bicyclic) bond motifs is 1. The van der Waals surface area contributed by atoms with E-state index in [1.807, 2.05) is 19.1 Å². The number of nitrogens with one attached hydrogen (secondary N) is 1. The molecule has 9 heteroatoms. The minimum atomic E-state index is -0.512. The van der Waals surface area contributed by atoms with Gasteiger partial charge in [0.1, 0.15) is 12.4 Å². The Balaban J connectivity index is 2.20. The van der Waals surface area contributed by atoms with Crippen molar-refractivity contribution in [3.8, 4) is 11.5 Å². The lowest BCUT2D eigenvalue weighted by atomic mass is 9.95. The van der Waals surface area contributed by atoms with Gasteiger partial charge in [0.05, 0.1) is 30.9 Å². The van der Waals surface area contributed by atoms with Crippen LogP contribution in [-0.4, -0.2) is 41.6 Å². The number of rotatable bonds is 5. The topological polar surface area (TPSA) is 87.5 Å². The van der Waals surface area contributed by atoms with Crippen molar-refractivity contribution >= 4 is 27.8 Å². The molecule has 1 aromatic heterocycles. The van der Waals surface area contributed by atoms with Gasteiger partial charge in [-0.2, -0.15) is 10.1 Å². The number of hydrogen-bond donors (Lipinski definition) is 1. The third-order valence-electron chi connectivity index (χ3n) is 4.06. The lowest BCUT2D eigenvalue weighted by Gasteiger charge is -2.28. The van der Waals surface area contributed by atoms with E-state index in [9.17, 15) is 4.79 Å². The van der Waals surface area contributed by atoms with Crippen molar-refractivity contribution in [2.75, 3.05) is 26.1 Å². The normalized spacial score (nSPS) is 16.0. The fourth-order valence-electron chi connectivity index (χ4n) is 2.96. The van der Waals surface area contributed by atoms with Crippen LogP contribution >= 0.6 is 15.9 Å². The van der Waals surface area contributed by atoms with E-state index < -0.39 is 12.0 Å². The lowest BCUT2D eigenvalue weighted by molar-refractivity contribution is -0.136. The zero-order valence-corrected chi connectivity index (χ0v) is 16.5. The van der Waals surface area contributed by atoms with Crippen molar-refractivity contribution in [3.63, 3.8) is 0 Å². The van der Waals surface area contributed by atoms with E-state index in [0.29, 0.717) is 35.3 Å². The molecule has 0 amide bonds. The highest BCUT2D eigenvalue weighted by Crippen LogP contribution is 2.42. The van der Waals surface area contributed by atoms with Gasteiger partial charge in [-0.05, 0) is 47.5 Å². The first-order valence-electron chi connectivity index (χ1n) is 7.97. The van der Waals surface area contributed by atoms with Gasteiger partial charge in [-0.3, -0.25) is 0 Å². The third kappa shape index (κ3) is 3.03.